The number of nitrogens with zero attached hydrogens (tertiary/aromatic N) is 3. The SMILES string of the molecule is Cn1cc(CNc2cc(-c3ccc(F)cc3)cnc2OC(N)=O)cn1. The number of aryl methyl sites for hydroxylation is 1. The zero-order chi connectivity index (χ0) is 17.8. The number of halogens is 1. The lowest BCUT2D eigenvalue weighted by Crippen LogP contribution is -2.18. The summed E-state index contributed by atoms with van der Waals surface area (Å²) in [7, 11) is 1.82. The largest absolute Gasteiger partial charge is 0.411 e. The first-order valence-electron chi connectivity index (χ1n) is 7.46. The van der Waals surface area contributed by atoms with Gasteiger partial charge in [0.25, 0.3) is 0 Å². The standard InChI is InChI=1S/C17H16FN5O2/c1-23-10-11(8-22-23)7-20-15-6-13(9-21-16(15)25-17(19)24)12-2-4-14(18)5-3-12/h2-6,8-10,20H,7H2,1H3,(H2,19,24). The van der Waals surface area contributed by atoms with Gasteiger partial charge in [0.15, 0.2) is 0 Å². The third-order valence-corrected chi connectivity index (χ3v) is 3.47. The van der Waals surface area contributed by atoms with Gasteiger partial charge in [-0.2, -0.15) is 5.10 Å². The Morgan fingerprint density at radius 3 is 2.68 bits per heavy atom. The first kappa shape index (κ1) is 16.4. The van der Waals surface area contributed by atoms with E-state index in [2.05, 4.69) is 15.4 Å². The maximum absolute atomic E-state index is 13.1. The highest BCUT2D eigenvalue weighted by Gasteiger charge is 2.11. The fraction of sp³-hybridized carbons (Fsp3) is 0.118. The highest BCUT2D eigenvalue weighted by molar-refractivity contribution is 5.74. The molecule has 0 atom stereocenters. The van der Waals surface area contributed by atoms with Gasteiger partial charge in [0.1, 0.15) is 5.82 Å². The predicted octanol–water partition coefficient (Wildman–Crippen LogP) is 2.69. The van der Waals surface area contributed by atoms with E-state index < -0.39 is 6.09 Å². The number of rotatable bonds is 5. The Bertz CT molecular complexity index is 892. The number of anilines is 1. The molecule has 0 aliphatic rings. The van der Waals surface area contributed by atoms with Gasteiger partial charge in [-0.15, -0.1) is 0 Å². The Labute approximate surface area is 143 Å². The number of carbonyl (C=O) groups is 1. The van der Waals surface area contributed by atoms with Crippen LogP contribution >= 0.6 is 0 Å². The average molecular weight is 341 g/mol. The highest BCUT2D eigenvalue weighted by atomic mass is 19.1. The third-order valence-electron chi connectivity index (χ3n) is 3.47. The van der Waals surface area contributed by atoms with Crippen LogP contribution in [0.25, 0.3) is 11.1 Å². The molecular weight excluding hydrogens is 325 g/mol. The van der Waals surface area contributed by atoms with Gasteiger partial charge in [0.2, 0.25) is 5.88 Å². The van der Waals surface area contributed by atoms with E-state index in [1.165, 1.54) is 18.3 Å². The molecule has 3 N–H and O–H groups in total. The fourth-order valence-corrected chi connectivity index (χ4v) is 2.32. The molecule has 2 heterocycles. The first-order chi connectivity index (χ1) is 12.0. The van der Waals surface area contributed by atoms with Gasteiger partial charge in [0.05, 0.1) is 11.9 Å². The van der Waals surface area contributed by atoms with Crippen molar-refractivity contribution in [3.63, 3.8) is 0 Å². The molecule has 0 bridgehead atoms. The Balaban J connectivity index is 1.89. The molecule has 0 saturated carbocycles. The van der Waals surface area contributed by atoms with E-state index in [-0.39, 0.29) is 11.7 Å². The van der Waals surface area contributed by atoms with Gasteiger partial charge in [-0.25, -0.2) is 14.2 Å². The van der Waals surface area contributed by atoms with Gasteiger partial charge in [0, 0.05) is 37.1 Å². The maximum Gasteiger partial charge on any atom is 0.411 e. The number of hydrogen-bond acceptors (Lipinski definition) is 5. The number of pyridine rings is 1. The summed E-state index contributed by atoms with van der Waals surface area (Å²) in [6.07, 6.45) is 4.16. The number of primary amides is 1. The summed E-state index contributed by atoms with van der Waals surface area (Å²) in [6.45, 7) is 0.456. The molecule has 1 aromatic carbocycles. The molecule has 8 heteroatoms. The van der Waals surface area contributed by atoms with Crippen LogP contribution < -0.4 is 15.8 Å². The molecule has 25 heavy (non-hydrogen) atoms. The van der Waals surface area contributed by atoms with Crippen LogP contribution in [0.1, 0.15) is 5.56 Å². The van der Waals surface area contributed by atoms with Gasteiger partial charge in [-0.3, -0.25) is 4.68 Å². The molecule has 0 spiro atoms. The first-order valence-corrected chi connectivity index (χ1v) is 7.46. The minimum atomic E-state index is -0.952. The van der Waals surface area contributed by atoms with E-state index in [9.17, 15) is 9.18 Å². The van der Waals surface area contributed by atoms with Crippen molar-refractivity contribution in [2.75, 3.05) is 5.32 Å². The fourth-order valence-electron chi connectivity index (χ4n) is 2.32. The maximum atomic E-state index is 13.1. The molecule has 128 valence electrons. The van der Waals surface area contributed by atoms with E-state index >= 15 is 0 Å². The van der Waals surface area contributed by atoms with Crippen LogP contribution in [0.2, 0.25) is 0 Å². The Kier molecular flexibility index (Phi) is 4.60. The summed E-state index contributed by atoms with van der Waals surface area (Å²) in [5, 5.41) is 7.24. The second-order valence-electron chi connectivity index (χ2n) is 5.38. The van der Waals surface area contributed by atoms with E-state index in [4.69, 9.17) is 10.5 Å². The number of ether oxygens (including phenoxy) is 1. The molecule has 0 saturated heterocycles. The molecule has 1 amide bonds. The van der Waals surface area contributed by atoms with Crippen LogP contribution in [0.5, 0.6) is 5.88 Å². The van der Waals surface area contributed by atoms with Gasteiger partial charge < -0.3 is 15.8 Å². The topological polar surface area (TPSA) is 95.1 Å². The number of hydrogen-bond donors (Lipinski definition) is 2. The molecule has 3 rings (SSSR count). The monoisotopic (exact) mass is 341 g/mol. The van der Waals surface area contributed by atoms with Crippen LogP contribution in [0.15, 0.2) is 48.9 Å². The van der Waals surface area contributed by atoms with Crippen molar-refractivity contribution in [3.05, 3.63) is 60.3 Å². The molecule has 0 aliphatic carbocycles. The summed E-state index contributed by atoms with van der Waals surface area (Å²) in [5.41, 5.74) is 8.04. The van der Waals surface area contributed by atoms with Crippen molar-refractivity contribution in [3.8, 4) is 17.0 Å². The van der Waals surface area contributed by atoms with Gasteiger partial charge >= 0.3 is 6.09 Å². The van der Waals surface area contributed by atoms with Gasteiger partial charge in [-0.05, 0) is 23.8 Å². The highest BCUT2D eigenvalue weighted by Crippen LogP contribution is 2.29. The third kappa shape index (κ3) is 4.11. The molecular formula is C17H16FN5O2. The summed E-state index contributed by atoms with van der Waals surface area (Å²) in [4.78, 5) is 15.2. The van der Waals surface area contributed by atoms with E-state index in [1.807, 2.05) is 13.2 Å². The molecule has 7 nitrogen and oxygen atoms in total. The number of benzene rings is 1. The van der Waals surface area contributed by atoms with E-state index in [0.717, 1.165) is 16.7 Å². The minimum absolute atomic E-state index is 0.0715. The molecule has 0 aliphatic heterocycles. The molecule has 0 unspecified atom stereocenters. The molecule has 0 radical (unpaired) electrons. The van der Waals surface area contributed by atoms with E-state index in [0.29, 0.717) is 12.2 Å². The van der Waals surface area contributed by atoms with Crippen molar-refractivity contribution in [1.82, 2.24) is 14.8 Å². The zero-order valence-corrected chi connectivity index (χ0v) is 13.4. The summed E-state index contributed by atoms with van der Waals surface area (Å²) >= 11 is 0. The molecule has 0 fully saturated rings. The van der Waals surface area contributed by atoms with Gasteiger partial charge in [-0.1, -0.05) is 12.1 Å². The van der Waals surface area contributed by atoms with Crippen LogP contribution in [0.4, 0.5) is 14.9 Å². The van der Waals surface area contributed by atoms with Crippen LogP contribution in [0.3, 0.4) is 0 Å². The van der Waals surface area contributed by atoms with Crippen LogP contribution in [-0.4, -0.2) is 20.9 Å². The second kappa shape index (κ2) is 7.00. The Morgan fingerprint density at radius 2 is 2.04 bits per heavy atom. The quantitative estimate of drug-likeness (QED) is 0.744. The number of aromatic nitrogens is 3. The lowest BCUT2D eigenvalue weighted by Gasteiger charge is -2.12. The number of nitrogens with one attached hydrogen (secondary N) is 1. The van der Waals surface area contributed by atoms with Crippen molar-refractivity contribution >= 4 is 11.8 Å². The summed E-state index contributed by atoms with van der Waals surface area (Å²) < 4.78 is 19.7. The molecule has 3 aromatic rings. The lowest BCUT2D eigenvalue weighted by molar-refractivity contribution is 0.209. The Morgan fingerprint density at radius 1 is 1.28 bits per heavy atom. The normalized spacial score (nSPS) is 10.5. The predicted molar refractivity (Wildman–Crippen MR) is 90.4 cm³/mol. The van der Waals surface area contributed by atoms with Crippen molar-refractivity contribution in [2.24, 2.45) is 12.8 Å². The molecule has 2 aromatic heterocycles. The zero-order valence-electron chi connectivity index (χ0n) is 13.4. The summed E-state index contributed by atoms with van der Waals surface area (Å²) in [5.74, 6) is -0.248. The van der Waals surface area contributed by atoms with Crippen molar-refractivity contribution in [1.29, 1.82) is 0 Å². The Hall–Kier alpha value is -3.42. The average Bonchev–Trinajstić information content (AvgIpc) is 3.00. The summed E-state index contributed by atoms with van der Waals surface area (Å²) in [6, 6.07) is 7.78. The second-order valence-corrected chi connectivity index (χ2v) is 5.38. The van der Waals surface area contributed by atoms with E-state index in [1.54, 1.807) is 29.1 Å². The van der Waals surface area contributed by atoms with Crippen LogP contribution in [-0.2, 0) is 13.6 Å². The smallest absolute Gasteiger partial charge is 0.389 e. The number of nitrogens with two attached hydrogens (primary N) is 1. The van der Waals surface area contributed by atoms with Crippen molar-refractivity contribution < 1.29 is 13.9 Å². The number of carbonyl (C=O) groups excluding carboxylic acids is 1. The minimum Gasteiger partial charge on any atom is -0.389 e. The van der Waals surface area contributed by atoms with Crippen molar-refractivity contribution in [2.45, 2.75) is 6.54 Å². The lowest BCUT2D eigenvalue weighted by atomic mass is 10.1. The van der Waals surface area contributed by atoms with Crippen LogP contribution in [0, 0.1) is 5.82 Å². The number of amides is 1.